The zero-order valence-electron chi connectivity index (χ0n) is 10.1. The Morgan fingerprint density at radius 1 is 0.714 bits per heavy atom. The molecule has 2 heteroatoms. The molecule has 0 rings (SSSR count). The molecule has 0 atom stereocenters. The van der Waals surface area contributed by atoms with Crippen molar-refractivity contribution in [3.8, 4) is 0 Å². The minimum absolute atomic E-state index is 0. The molecule has 0 saturated heterocycles. The monoisotopic (exact) mass is 236 g/mol. The van der Waals surface area contributed by atoms with E-state index in [1.54, 1.807) is 0 Å². The van der Waals surface area contributed by atoms with E-state index in [1.165, 1.54) is 38.5 Å². The molecule has 1 nitrogen and oxygen atoms in total. The van der Waals surface area contributed by atoms with Gasteiger partial charge in [-0.15, -0.1) is 0 Å². The second-order valence-electron chi connectivity index (χ2n) is 3.12. The van der Waals surface area contributed by atoms with Crippen LogP contribution in [0.2, 0.25) is 0 Å². The molecule has 0 amide bonds. The maximum absolute atomic E-state index is 3.72. The van der Waals surface area contributed by atoms with Crippen LogP contribution in [0.3, 0.4) is 0 Å². The molecule has 0 spiro atoms. The Balaban J connectivity index is -0.0000000625. The number of rotatable bonds is 6. The van der Waals surface area contributed by atoms with E-state index in [1.807, 2.05) is 0 Å². The SMILES string of the molecule is O.[CH2-]CCCCC.[CH2-]CCCCC.[Ti+2]. The summed E-state index contributed by atoms with van der Waals surface area (Å²) >= 11 is 0. The molecule has 0 aliphatic carbocycles. The molecular weight excluding hydrogens is 208 g/mol. The van der Waals surface area contributed by atoms with E-state index in [0.29, 0.717) is 0 Å². The van der Waals surface area contributed by atoms with Gasteiger partial charge in [0.05, 0.1) is 0 Å². The van der Waals surface area contributed by atoms with Crippen LogP contribution >= 0.6 is 0 Å². The second-order valence-corrected chi connectivity index (χ2v) is 3.12. The van der Waals surface area contributed by atoms with Gasteiger partial charge in [0, 0.05) is 0 Å². The summed E-state index contributed by atoms with van der Waals surface area (Å²) < 4.78 is 0. The maximum Gasteiger partial charge on any atom is 2.00 e. The molecule has 0 aromatic rings. The third-order valence-corrected chi connectivity index (χ3v) is 1.71. The first-order valence-corrected chi connectivity index (χ1v) is 5.41. The summed E-state index contributed by atoms with van der Waals surface area (Å²) in [7, 11) is 0. The van der Waals surface area contributed by atoms with Gasteiger partial charge < -0.3 is 19.3 Å². The summed E-state index contributed by atoms with van der Waals surface area (Å²) in [4.78, 5) is 0. The largest absolute Gasteiger partial charge is 2.00 e. The number of unbranched alkanes of at least 4 members (excludes halogenated alkanes) is 6. The molecule has 0 radical (unpaired) electrons. The van der Waals surface area contributed by atoms with Crippen molar-refractivity contribution in [2.24, 2.45) is 0 Å². The van der Waals surface area contributed by atoms with E-state index in [4.69, 9.17) is 0 Å². The van der Waals surface area contributed by atoms with Crippen LogP contribution in [0.4, 0.5) is 0 Å². The van der Waals surface area contributed by atoms with Crippen molar-refractivity contribution in [2.75, 3.05) is 0 Å². The van der Waals surface area contributed by atoms with Crippen LogP contribution < -0.4 is 0 Å². The molecule has 0 aromatic heterocycles. The average molecular weight is 236 g/mol. The Morgan fingerprint density at radius 3 is 1.07 bits per heavy atom. The van der Waals surface area contributed by atoms with Crippen LogP contribution in [0.25, 0.3) is 0 Å². The van der Waals surface area contributed by atoms with E-state index in [9.17, 15) is 0 Å². The summed E-state index contributed by atoms with van der Waals surface area (Å²) in [6.07, 6.45) is 10.1. The van der Waals surface area contributed by atoms with Gasteiger partial charge in [-0.25, -0.2) is 0 Å². The van der Waals surface area contributed by atoms with Gasteiger partial charge in [-0.2, -0.15) is 12.8 Å². The van der Waals surface area contributed by atoms with Gasteiger partial charge in [-0.1, -0.05) is 52.4 Å². The fraction of sp³-hybridized carbons (Fsp3) is 0.833. The molecule has 14 heavy (non-hydrogen) atoms. The van der Waals surface area contributed by atoms with Crippen molar-refractivity contribution in [3.63, 3.8) is 0 Å². The fourth-order valence-corrected chi connectivity index (χ4v) is 0.854. The van der Waals surface area contributed by atoms with Crippen LogP contribution in [-0.4, -0.2) is 5.48 Å². The number of hydrogen-bond donors (Lipinski definition) is 0. The molecule has 0 aliphatic heterocycles. The Kier molecular flexibility index (Phi) is 50.2. The summed E-state index contributed by atoms with van der Waals surface area (Å²) in [5.74, 6) is 0. The van der Waals surface area contributed by atoms with Crippen molar-refractivity contribution < 1.29 is 27.2 Å². The van der Waals surface area contributed by atoms with Crippen molar-refractivity contribution in [2.45, 2.75) is 65.2 Å². The Labute approximate surface area is 106 Å². The summed E-state index contributed by atoms with van der Waals surface area (Å²) in [6, 6.07) is 0. The smallest absolute Gasteiger partial charge is 0.412 e. The van der Waals surface area contributed by atoms with Gasteiger partial charge >= 0.3 is 21.7 Å². The molecule has 0 saturated carbocycles. The van der Waals surface area contributed by atoms with Crippen LogP contribution in [0.1, 0.15) is 65.2 Å². The molecule has 0 aromatic carbocycles. The van der Waals surface area contributed by atoms with Gasteiger partial charge in [-0.3, -0.25) is 0 Å². The van der Waals surface area contributed by atoms with Crippen molar-refractivity contribution in [1.29, 1.82) is 0 Å². The normalized spacial score (nSPS) is 7.71. The quantitative estimate of drug-likeness (QED) is 0.379. The van der Waals surface area contributed by atoms with E-state index in [2.05, 4.69) is 27.7 Å². The Morgan fingerprint density at radius 2 is 1.00 bits per heavy atom. The molecular formula is C12H28OTi. The van der Waals surface area contributed by atoms with Crippen molar-refractivity contribution in [3.05, 3.63) is 13.8 Å². The predicted octanol–water partition coefficient (Wildman–Crippen LogP) is 3.97. The Hall–Kier alpha value is 0.674. The van der Waals surface area contributed by atoms with Gasteiger partial charge in [-0.05, 0) is 0 Å². The summed E-state index contributed by atoms with van der Waals surface area (Å²) in [6.45, 7) is 11.9. The van der Waals surface area contributed by atoms with Crippen molar-refractivity contribution >= 4 is 0 Å². The van der Waals surface area contributed by atoms with E-state index in [0.717, 1.165) is 12.8 Å². The average Bonchev–Trinajstić information content (AvgIpc) is 2.12. The number of hydrogen-bond acceptors (Lipinski definition) is 0. The first-order valence-electron chi connectivity index (χ1n) is 5.41. The van der Waals surface area contributed by atoms with E-state index in [-0.39, 0.29) is 27.2 Å². The first-order chi connectivity index (χ1) is 5.83. The third kappa shape index (κ3) is 38.8. The van der Waals surface area contributed by atoms with Crippen LogP contribution in [-0.2, 0) is 21.7 Å². The van der Waals surface area contributed by atoms with Crippen LogP contribution in [0, 0.1) is 13.8 Å². The van der Waals surface area contributed by atoms with Crippen molar-refractivity contribution in [1.82, 2.24) is 0 Å². The zero-order valence-corrected chi connectivity index (χ0v) is 11.6. The van der Waals surface area contributed by atoms with Crippen LogP contribution in [0.15, 0.2) is 0 Å². The molecule has 0 fully saturated rings. The van der Waals surface area contributed by atoms with E-state index < -0.39 is 0 Å². The summed E-state index contributed by atoms with van der Waals surface area (Å²) in [5, 5.41) is 0. The maximum atomic E-state index is 3.72. The van der Waals surface area contributed by atoms with E-state index >= 15 is 0 Å². The van der Waals surface area contributed by atoms with Gasteiger partial charge in [0.15, 0.2) is 0 Å². The standard InChI is InChI=1S/2C6H13.H2O.Ti/c2*1-3-5-6-4-2;;/h2*1,3-6H2,2H3;1H2;/q2*-1;;+2. The Bertz CT molecular complexity index is 42.3. The molecule has 0 unspecified atom stereocenters. The molecule has 0 bridgehead atoms. The fourth-order valence-electron chi connectivity index (χ4n) is 0.854. The molecule has 86 valence electrons. The van der Waals surface area contributed by atoms with Gasteiger partial charge in [0.1, 0.15) is 0 Å². The summed E-state index contributed by atoms with van der Waals surface area (Å²) in [5.41, 5.74) is 0. The van der Waals surface area contributed by atoms with Gasteiger partial charge in [0.2, 0.25) is 0 Å². The topological polar surface area (TPSA) is 31.5 Å². The minimum atomic E-state index is 0. The third-order valence-electron chi connectivity index (χ3n) is 1.71. The first kappa shape index (κ1) is 24.1. The zero-order chi connectivity index (χ0) is 9.66. The van der Waals surface area contributed by atoms with Crippen LogP contribution in [0.5, 0.6) is 0 Å². The minimum Gasteiger partial charge on any atom is -0.412 e. The molecule has 2 N–H and O–H groups in total. The van der Waals surface area contributed by atoms with Gasteiger partial charge in [0.25, 0.3) is 0 Å². The second kappa shape index (κ2) is 29.2. The predicted molar refractivity (Wildman–Crippen MR) is 62.6 cm³/mol. The molecule has 0 heterocycles. The molecule has 0 aliphatic rings.